The number of benzene rings is 2. The molecule has 0 spiro atoms. The number of amides is 2. The van der Waals surface area contributed by atoms with E-state index in [4.69, 9.17) is 9.47 Å². The van der Waals surface area contributed by atoms with Gasteiger partial charge < -0.3 is 14.2 Å². The van der Waals surface area contributed by atoms with Crippen molar-refractivity contribution >= 4 is 50.9 Å². The van der Waals surface area contributed by atoms with E-state index in [1.807, 2.05) is 31.2 Å². The molecule has 168 valence electrons. The van der Waals surface area contributed by atoms with Crippen LogP contribution in [0.3, 0.4) is 0 Å². The first-order valence-electron chi connectivity index (χ1n) is 9.66. The molecule has 0 bridgehead atoms. The van der Waals surface area contributed by atoms with E-state index in [9.17, 15) is 14.4 Å². The van der Waals surface area contributed by atoms with Crippen molar-refractivity contribution in [3.63, 3.8) is 0 Å². The first-order valence-corrected chi connectivity index (χ1v) is 11.3. The average molecular weight is 520 g/mol. The lowest BCUT2D eigenvalue weighted by Gasteiger charge is -2.18. The fourth-order valence-electron chi connectivity index (χ4n) is 3.16. The van der Waals surface area contributed by atoms with Crippen LogP contribution in [-0.2, 0) is 20.9 Å². The monoisotopic (exact) mass is 519 g/mol. The summed E-state index contributed by atoms with van der Waals surface area (Å²) in [4.78, 5) is 37.9. The van der Waals surface area contributed by atoms with Gasteiger partial charge in [-0.05, 0) is 70.9 Å². The lowest BCUT2D eigenvalue weighted by molar-refractivity contribution is -0.148. The Bertz CT molecular complexity index is 1100. The number of rotatable bonds is 7. The SMILES string of the molecule is COC(=O)[C@@H](C)N1C(=O)S/C(=C/c2cc(Br)c(OCc3cccc(C)c3)c(OC)c2)C1=O. The Kier molecular flexibility index (Phi) is 7.63. The average Bonchev–Trinajstić information content (AvgIpc) is 3.04. The van der Waals surface area contributed by atoms with Crippen molar-refractivity contribution in [2.24, 2.45) is 0 Å². The van der Waals surface area contributed by atoms with Gasteiger partial charge >= 0.3 is 5.97 Å². The molecule has 1 atom stereocenters. The predicted octanol–water partition coefficient (Wildman–Crippen LogP) is 4.94. The van der Waals surface area contributed by atoms with E-state index in [0.717, 1.165) is 27.8 Å². The van der Waals surface area contributed by atoms with E-state index in [1.165, 1.54) is 21.1 Å². The first-order chi connectivity index (χ1) is 15.2. The zero-order chi connectivity index (χ0) is 23.4. The Balaban J connectivity index is 1.84. The highest BCUT2D eigenvalue weighted by molar-refractivity contribution is 9.10. The maximum Gasteiger partial charge on any atom is 0.328 e. The molecule has 1 fully saturated rings. The molecule has 9 heteroatoms. The summed E-state index contributed by atoms with van der Waals surface area (Å²) in [5.74, 6) is -0.208. The van der Waals surface area contributed by atoms with Gasteiger partial charge in [-0.3, -0.25) is 14.5 Å². The third-order valence-corrected chi connectivity index (χ3v) is 6.24. The van der Waals surface area contributed by atoms with Crippen molar-refractivity contribution in [2.75, 3.05) is 14.2 Å². The van der Waals surface area contributed by atoms with Gasteiger partial charge in [-0.25, -0.2) is 4.79 Å². The number of esters is 1. The molecule has 0 N–H and O–H groups in total. The van der Waals surface area contributed by atoms with Crippen LogP contribution < -0.4 is 9.47 Å². The quantitative estimate of drug-likeness (QED) is 0.378. The summed E-state index contributed by atoms with van der Waals surface area (Å²) in [5, 5.41) is -0.525. The number of nitrogens with zero attached hydrogens (tertiary/aromatic N) is 1. The second-order valence-electron chi connectivity index (χ2n) is 7.06. The molecule has 1 saturated heterocycles. The number of halogens is 1. The summed E-state index contributed by atoms with van der Waals surface area (Å²) in [5.41, 5.74) is 2.80. The van der Waals surface area contributed by atoms with Crippen LogP contribution in [0.1, 0.15) is 23.6 Å². The minimum atomic E-state index is -1.00. The highest BCUT2D eigenvalue weighted by Gasteiger charge is 2.41. The third-order valence-electron chi connectivity index (χ3n) is 4.77. The van der Waals surface area contributed by atoms with Crippen LogP contribution in [0.4, 0.5) is 4.79 Å². The summed E-state index contributed by atoms with van der Waals surface area (Å²) in [6.45, 7) is 3.83. The van der Waals surface area contributed by atoms with E-state index in [1.54, 1.807) is 18.2 Å². The topological polar surface area (TPSA) is 82.1 Å². The zero-order valence-corrected chi connectivity index (χ0v) is 20.4. The van der Waals surface area contributed by atoms with E-state index in [2.05, 4.69) is 20.7 Å². The van der Waals surface area contributed by atoms with Gasteiger partial charge in [-0.1, -0.05) is 29.8 Å². The molecule has 0 saturated carbocycles. The molecule has 2 aromatic carbocycles. The Morgan fingerprint density at radius 3 is 2.62 bits per heavy atom. The molecule has 1 aliphatic rings. The molecule has 0 radical (unpaired) electrons. The number of methoxy groups -OCH3 is 2. The Morgan fingerprint density at radius 1 is 1.22 bits per heavy atom. The largest absolute Gasteiger partial charge is 0.493 e. The van der Waals surface area contributed by atoms with Gasteiger partial charge in [0.25, 0.3) is 11.1 Å². The lowest BCUT2D eigenvalue weighted by atomic mass is 10.1. The molecule has 3 rings (SSSR count). The molecular formula is C23H22BrNO6S. The van der Waals surface area contributed by atoms with Crippen molar-refractivity contribution < 1.29 is 28.6 Å². The normalized spacial score (nSPS) is 15.8. The highest BCUT2D eigenvalue weighted by atomic mass is 79.9. The minimum Gasteiger partial charge on any atom is -0.493 e. The van der Waals surface area contributed by atoms with Crippen molar-refractivity contribution in [3.05, 3.63) is 62.5 Å². The summed E-state index contributed by atoms with van der Waals surface area (Å²) in [6.07, 6.45) is 1.58. The van der Waals surface area contributed by atoms with E-state index in [-0.39, 0.29) is 4.91 Å². The van der Waals surface area contributed by atoms with Crippen LogP contribution >= 0.6 is 27.7 Å². The van der Waals surface area contributed by atoms with Crippen LogP contribution in [0.2, 0.25) is 0 Å². The van der Waals surface area contributed by atoms with Crippen molar-refractivity contribution in [1.29, 1.82) is 0 Å². The maximum absolute atomic E-state index is 12.7. The summed E-state index contributed by atoms with van der Waals surface area (Å²) in [6, 6.07) is 10.5. The van der Waals surface area contributed by atoms with Crippen LogP contribution in [-0.4, -0.2) is 42.3 Å². The molecule has 2 aromatic rings. The lowest BCUT2D eigenvalue weighted by Crippen LogP contribution is -2.42. The second-order valence-corrected chi connectivity index (χ2v) is 8.91. The highest BCUT2D eigenvalue weighted by Crippen LogP contribution is 2.39. The van der Waals surface area contributed by atoms with Crippen molar-refractivity contribution in [3.8, 4) is 11.5 Å². The van der Waals surface area contributed by atoms with Crippen LogP contribution in [0.15, 0.2) is 45.8 Å². The van der Waals surface area contributed by atoms with Gasteiger partial charge in [0.1, 0.15) is 12.6 Å². The Labute approximate surface area is 198 Å². The van der Waals surface area contributed by atoms with Crippen LogP contribution in [0.25, 0.3) is 6.08 Å². The maximum atomic E-state index is 12.7. The molecule has 2 amide bonds. The second kappa shape index (κ2) is 10.2. The molecule has 32 heavy (non-hydrogen) atoms. The number of ether oxygens (including phenoxy) is 3. The number of hydrogen-bond donors (Lipinski definition) is 0. The van der Waals surface area contributed by atoms with Gasteiger partial charge in [0.2, 0.25) is 0 Å². The fraction of sp³-hybridized carbons (Fsp3) is 0.261. The molecule has 1 aliphatic heterocycles. The Hall–Kier alpha value is -2.78. The number of hydrogen-bond acceptors (Lipinski definition) is 7. The molecule has 0 aliphatic carbocycles. The number of thioether (sulfide) groups is 1. The molecule has 1 heterocycles. The number of carbonyl (C=O) groups excluding carboxylic acids is 3. The van der Waals surface area contributed by atoms with Gasteiger partial charge in [0, 0.05) is 0 Å². The van der Waals surface area contributed by atoms with Crippen molar-refractivity contribution in [1.82, 2.24) is 4.90 Å². The molecule has 7 nitrogen and oxygen atoms in total. The fourth-order valence-corrected chi connectivity index (χ4v) is 4.64. The van der Waals surface area contributed by atoms with Crippen LogP contribution in [0.5, 0.6) is 11.5 Å². The summed E-state index contributed by atoms with van der Waals surface area (Å²) < 4.78 is 16.7. The van der Waals surface area contributed by atoms with E-state index >= 15 is 0 Å². The summed E-state index contributed by atoms with van der Waals surface area (Å²) >= 11 is 4.27. The molecule has 0 aromatic heterocycles. The van der Waals surface area contributed by atoms with Gasteiger partial charge in [-0.15, -0.1) is 0 Å². The van der Waals surface area contributed by atoms with E-state index < -0.39 is 23.2 Å². The van der Waals surface area contributed by atoms with E-state index in [0.29, 0.717) is 28.1 Å². The summed E-state index contributed by atoms with van der Waals surface area (Å²) in [7, 11) is 2.73. The molecular weight excluding hydrogens is 498 g/mol. The number of imide groups is 1. The Morgan fingerprint density at radius 2 is 1.97 bits per heavy atom. The van der Waals surface area contributed by atoms with Gasteiger partial charge in [-0.2, -0.15) is 0 Å². The smallest absolute Gasteiger partial charge is 0.328 e. The van der Waals surface area contributed by atoms with Gasteiger partial charge in [0.05, 0.1) is 23.6 Å². The number of aryl methyl sites for hydroxylation is 1. The molecule has 0 unspecified atom stereocenters. The number of carbonyl (C=O) groups is 3. The predicted molar refractivity (Wildman–Crippen MR) is 125 cm³/mol. The van der Waals surface area contributed by atoms with Gasteiger partial charge in [0.15, 0.2) is 11.5 Å². The van der Waals surface area contributed by atoms with Crippen LogP contribution in [0, 0.1) is 6.92 Å². The minimum absolute atomic E-state index is 0.202. The third kappa shape index (κ3) is 5.16. The first kappa shape index (κ1) is 23.9. The zero-order valence-electron chi connectivity index (χ0n) is 18.0. The standard InChI is InChI=1S/C23H22BrNO6S/c1-13-6-5-7-15(8-13)12-31-20-17(24)9-16(10-18(20)29-3)11-19-21(26)25(23(28)32-19)14(2)22(27)30-4/h5-11,14H,12H2,1-4H3/b19-11+/t14-/m1/s1. The van der Waals surface area contributed by atoms with Crippen molar-refractivity contribution in [2.45, 2.75) is 26.5 Å².